The molecule has 0 aliphatic carbocycles. The van der Waals surface area contributed by atoms with Crippen LogP contribution in [0.4, 0.5) is 0 Å². The van der Waals surface area contributed by atoms with E-state index < -0.39 is 11.9 Å². The summed E-state index contributed by atoms with van der Waals surface area (Å²) in [5.74, 6) is -0.799. The summed E-state index contributed by atoms with van der Waals surface area (Å²) >= 11 is 0. The van der Waals surface area contributed by atoms with E-state index >= 15 is 0 Å². The summed E-state index contributed by atoms with van der Waals surface area (Å²) in [5.41, 5.74) is 1.84. The Labute approximate surface area is 114 Å². The molecule has 0 saturated heterocycles. The molecule has 3 rings (SSSR count). The zero-order valence-corrected chi connectivity index (χ0v) is 10.3. The molecule has 1 aliphatic heterocycles. The van der Waals surface area contributed by atoms with E-state index in [9.17, 15) is 9.59 Å². The molecule has 0 aromatic heterocycles. The minimum Gasteiger partial charge on any atom is -0.478 e. The first-order valence-corrected chi connectivity index (χ1v) is 5.95. The van der Waals surface area contributed by atoms with Crippen molar-refractivity contribution < 1.29 is 24.5 Å². The van der Waals surface area contributed by atoms with Gasteiger partial charge in [0.1, 0.15) is 11.5 Å². The summed E-state index contributed by atoms with van der Waals surface area (Å²) in [6.45, 7) is 0. The zero-order valence-electron chi connectivity index (χ0n) is 10.3. The zero-order chi connectivity index (χ0) is 14.3. The fourth-order valence-corrected chi connectivity index (χ4v) is 2.22. The minimum absolute atomic E-state index is 0.185. The fraction of sp³-hybridized carbons (Fsp3) is 0.0667. The largest absolute Gasteiger partial charge is 0.478 e. The Kier molecular flexibility index (Phi) is 2.68. The first-order chi connectivity index (χ1) is 9.54. The molecule has 2 N–H and O–H groups in total. The topological polar surface area (TPSA) is 83.8 Å². The van der Waals surface area contributed by atoms with Crippen LogP contribution in [0.25, 0.3) is 0 Å². The summed E-state index contributed by atoms with van der Waals surface area (Å²) < 4.78 is 5.66. The summed E-state index contributed by atoms with van der Waals surface area (Å²) in [6.07, 6.45) is 0.451. The van der Waals surface area contributed by atoms with Gasteiger partial charge in [-0.05, 0) is 36.4 Å². The number of benzene rings is 2. The molecule has 0 unspecified atom stereocenters. The Morgan fingerprint density at radius 1 is 0.850 bits per heavy atom. The SMILES string of the molecule is O=C(O)c1ccc2c(c1)Cc1cc(C(=O)O)ccc1O2. The molecule has 100 valence electrons. The number of aromatic carboxylic acids is 2. The van der Waals surface area contributed by atoms with E-state index in [0.29, 0.717) is 17.9 Å². The highest BCUT2D eigenvalue weighted by Crippen LogP contribution is 2.37. The first kappa shape index (κ1) is 12.2. The molecule has 1 aliphatic rings. The van der Waals surface area contributed by atoms with Crippen molar-refractivity contribution >= 4 is 11.9 Å². The van der Waals surface area contributed by atoms with Gasteiger partial charge in [-0.2, -0.15) is 0 Å². The maximum absolute atomic E-state index is 11.0. The number of fused-ring (bicyclic) bond motifs is 2. The van der Waals surface area contributed by atoms with Gasteiger partial charge in [0.2, 0.25) is 0 Å². The normalized spacial score (nSPS) is 12.0. The van der Waals surface area contributed by atoms with Gasteiger partial charge in [-0.15, -0.1) is 0 Å². The van der Waals surface area contributed by atoms with Crippen molar-refractivity contribution in [2.75, 3.05) is 0 Å². The second kappa shape index (κ2) is 4.38. The molecule has 0 atom stereocenters. The van der Waals surface area contributed by atoms with E-state index in [2.05, 4.69) is 0 Å². The molecule has 5 nitrogen and oxygen atoms in total. The molecule has 0 bridgehead atoms. The van der Waals surface area contributed by atoms with Crippen LogP contribution in [0.1, 0.15) is 31.8 Å². The molecule has 0 amide bonds. The molecule has 0 saturated carbocycles. The number of rotatable bonds is 2. The third kappa shape index (κ3) is 1.99. The number of hydrogen-bond acceptors (Lipinski definition) is 3. The van der Waals surface area contributed by atoms with E-state index in [-0.39, 0.29) is 11.1 Å². The van der Waals surface area contributed by atoms with Crippen LogP contribution < -0.4 is 4.74 Å². The van der Waals surface area contributed by atoms with E-state index in [1.54, 1.807) is 24.3 Å². The van der Waals surface area contributed by atoms with Crippen molar-refractivity contribution in [2.24, 2.45) is 0 Å². The standard InChI is InChI=1S/C15H10O5/c16-14(17)8-1-3-12-10(5-8)7-11-6-9(15(18)19)2-4-13(11)20-12/h1-6H,7H2,(H,16,17)(H,18,19). The van der Waals surface area contributed by atoms with Crippen molar-refractivity contribution in [3.8, 4) is 11.5 Å². The highest BCUT2D eigenvalue weighted by atomic mass is 16.5. The van der Waals surface area contributed by atoms with Crippen LogP contribution in [0.5, 0.6) is 11.5 Å². The molecule has 1 heterocycles. The summed E-state index contributed by atoms with van der Waals surface area (Å²) in [6, 6.07) is 9.30. The van der Waals surface area contributed by atoms with Gasteiger partial charge in [-0.25, -0.2) is 9.59 Å². The number of ether oxygens (including phenoxy) is 1. The van der Waals surface area contributed by atoms with Crippen molar-refractivity contribution in [1.29, 1.82) is 0 Å². The number of carboxylic acid groups (broad SMARTS) is 2. The maximum atomic E-state index is 11.0. The van der Waals surface area contributed by atoms with Crippen LogP contribution in [0.15, 0.2) is 36.4 Å². The summed E-state index contributed by atoms with van der Waals surface area (Å²) in [5, 5.41) is 18.0. The predicted molar refractivity (Wildman–Crippen MR) is 69.7 cm³/mol. The average Bonchev–Trinajstić information content (AvgIpc) is 2.43. The lowest BCUT2D eigenvalue weighted by molar-refractivity contribution is 0.0686. The Balaban J connectivity index is 2.03. The number of carboxylic acids is 2. The highest BCUT2D eigenvalue weighted by molar-refractivity contribution is 5.89. The first-order valence-electron chi connectivity index (χ1n) is 5.95. The minimum atomic E-state index is -1.00. The molecule has 20 heavy (non-hydrogen) atoms. The Bertz CT molecular complexity index is 672. The highest BCUT2D eigenvalue weighted by Gasteiger charge is 2.19. The van der Waals surface area contributed by atoms with E-state index in [4.69, 9.17) is 14.9 Å². The molecular formula is C15H10O5. The molecule has 2 aromatic rings. The van der Waals surface area contributed by atoms with Crippen LogP contribution in [-0.4, -0.2) is 22.2 Å². The van der Waals surface area contributed by atoms with Crippen molar-refractivity contribution in [2.45, 2.75) is 6.42 Å². The van der Waals surface area contributed by atoms with Crippen molar-refractivity contribution in [3.05, 3.63) is 58.7 Å². The maximum Gasteiger partial charge on any atom is 0.335 e. The monoisotopic (exact) mass is 270 g/mol. The Hall–Kier alpha value is -2.82. The van der Waals surface area contributed by atoms with E-state index in [1.165, 1.54) is 12.1 Å². The van der Waals surface area contributed by atoms with Crippen LogP contribution >= 0.6 is 0 Å². The van der Waals surface area contributed by atoms with Crippen LogP contribution in [0.2, 0.25) is 0 Å². The molecule has 0 fully saturated rings. The third-order valence-corrected chi connectivity index (χ3v) is 3.22. The molecular weight excluding hydrogens is 260 g/mol. The second-order valence-corrected chi connectivity index (χ2v) is 4.53. The van der Waals surface area contributed by atoms with Gasteiger partial charge >= 0.3 is 11.9 Å². The van der Waals surface area contributed by atoms with Crippen molar-refractivity contribution in [1.82, 2.24) is 0 Å². The quantitative estimate of drug-likeness (QED) is 0.748. The van der Waals surface area contributed by atoms with Crippen LogP contribution in [0.3, 0.4) is 0 Å². The summed E-state index contributed by atoms with van der Waals surface area (Å²) in [7, 11) is 0. The lowest BCUT2D eigenvalue weighted by Crippen LogP contribution is -2.07. The van der Waals surface area contributed by atoms with Gasteiger partial charge < -0.3 is 14.9 Å². The van der Waals surface area contributed by atoms with Gasteiger partial charge in [0.15, 0.2) is 0 Å². The lowest BCUT2D eigenvalue weighted by Gasteiger charge is -2.20. The van der Waals surface area contributed by atoms with Crippen molar-refractivity contribution in [3.63, 3.8) is 0 Å². The lowest BCUT2D eigenvalue weighted by atomic mass is 9.97. The van der Waals surface area contributed by atoms with E-state index in [1.807, 2.05) is 0 Å². The number of carbonyl (C=O) groups is 2. The summed E-state index contributed by atoms with van der Waals surface area (Å²) in [4.78, 5) is 21.9. The molecule has 0 radical (unpaired) electrons. The fourth-order valence-electron chi connectivity index (χ4n) is 2.22. The average molecular weight is 270 g/mol. The van der Waals surface area contributed by atoms with Crippen LogP contribution in [-0.2, 0) is 6.42 Å². The van der Waals surface area contributed by atoms with Gasteiger partial charge in [0.25, 0.3) is 0 Å². The molecule has 2 aromatic carbocycles. The molecule has 0 spiro atoms. The second-order valence-electron chi connectivity index (χ2n) is 4.53. The molecule has 5 heteroatoms. The van der Waals surface area contributed by atoms with Gasteiger partial charge in [0.05, 0.1) is 11.1 Å². The third-order valence-electron chi connectivity index (χ3n) is 3.22. The van der Waals surface area contributed by atoms with Gasteiger partial charge in [-0.1, -0.05) is 0 Å². The Morgan fingerprint density at radius 3 is 1.70 bits per heavy atom. The van der Waals surface area contributed by atoms with Gasteiger partial charge in [-0.3, -0.25) is 0 Å². The smallest absolute Gasteiger partial charge is 0.335 e. The predicted octanol–water partition coefficient (Wildman–Crippen LogP) is 2.78. The van der Waals surface area contributed by atoms with Crippen LogP contribution in [0, 0.1) is 0 Å². The van der Waals surface area contributed by atoms with E-state index in [0.717, 1.165) is 11.1 Å². The van der Waals surface area contributed by atoms with Gasteiger partial charge in [0, 0.05) is 17.5 Å². The number of hydrogen-bond donors (Lipinski definition) is 2. The Morgan fingerprint density at radius 2 is 1.30 bits per heavy atom.